The number of ether oxygens (including phenoxy) is 1. The second-order valence-corrected chi connectivity index (χ2v) is 8.53. The number of halogens is 2. The number of anilines is 1. The molecule has 1 amide bonds. The highest BCUT2D eigenvalue weighted by atomic mass is 35.5. The van der Waals surface area contributed by atoms with E-state index in [2.05, 4.69) is 5.32 Å². The number of rotatable bonds is 8. The van der Waals surface area contributed by atoms with Crippen LogP contribution in [0.5, 0.6) is 5.75 Å². The molecule has 3 N–H and O–H groups in total. The van der Waals surface area contributed by atoms with Gasteiger partial charge in [-0.25, -0.2) is 8.42 Å². The van der Waals surface area contributed by atoms with Gasteiger partial charge in [-0.15, -0.1) is 12.4 Å². The topological polar surface area (TPSA) is 98.5 Å². The van der Waals surface area contributed by atoms with Crippen molar-refractivity contribution in [3.63, 3.8) is 0 Å². The number of nitrogens with two attached hydrogens (primary N) is 1. The van der Waals surface area contributed by atoms with Crippen molar-refractivity contribution in [2.24, 2.45) is 11.7 Å². The summed E-state index contributed by atoms with van der Waals surface area (Å²) < 4.78 is 27.7. The molecule has 1 atom stereocenters. The molecule has 0 aliphatic rings. The lowest BCUT2D eigenvalue weighted by Crippen LogP contribution is -2.37. The molecular formula is C15H24Cl2N2O4S. The van der Waals surface area contributed by atoms with Crippen LogP contribution in [-0.2, 0) is 14.6 Å². The average Bonchev–Trinajstić information content (AvgIpc) is 2.42. The van der Waals surface area contributed by atoms with Gasteiger partial charge in [0, 0.05) is 11.9 Å². The Morgan fingerprint density at radius 3 is 2.50 bits per heavy atom. The molecule has 0 spiro atoms. The number of hydrogen-bond acceptors (Lipinski definition) is 5. The molecule has 1 unspecified atom stereocenters. The quantitative estimate of drug-likeness (QED) is 0.700. The first kappa shape index (κ1) is 23.0. The molecule has 1 aromatic rings. The first-order valence-electron chi connectivity index (χ1n) is 7.25. The molecule has 9 heteroatoms. The monoisotopic (exact) mass is 398 g/mol. The van der Waals surface area contributed by atoms with Crippen LogP contribution in [0, 0.1) is 5.92 Å². The predicted octanol–water partition coefficient (Wildman–Crippen LogP) is 2.50. The summed E-state index contributed by atoms with van der Waals surface area (Å²) in [4.78, 5) is 11.9. The number of benzene rings is 1. The van der Waals surface area contributed by atoms with E-state index in [1.807, 2.05) is 13.8 Å². The molecule has 0 bridgehead atoms. The largest absolute Gasteiger partial charge is 0.492 e. The molecule has 6 nitrogen and oxygen atoms in total. The highest BCUT2D eigenvalue weighted by Crippen LogP contribution is 2.28. The molecule has 0 fully saturated rings. The maximum atomic E-state index is 11.9. The van der Waals surface area contributed by atoms with E-state index in [9.17, 15) is 13.2 Å². The van der Waals surface area contributed by atoms with Crippen molar-refractivity contribution in [1.29, 1.82) is 0 Å². The Bertz CT molecular complexity index is 651. The summed E-state index contributed by atoms with van der Waals surface area (Å²) in [5, 5.41) is 2.99. The van der Waals surface area contributed by atoms with Crippen molar-refractivity contribution in [2.75, 3.05) is 23.9 Å². The summed E-state index contributed by atoms with van der Waals surface area (Å²) in [6.45, 7) is 4.60. The molecule has 0 radical (unpaired) electrons. The predicted molar refractivity (Wildman–Crippen MR) is 100.0 cm³/mol. The van der Waals surface area contributed by atoms with E-state index >= 15 is 0 Å². The Hall–Kier alpha value is -1.02. The van der Waals surface area contributed by atoms with Gasteiger partial charge in [0.2, 0.25) is 5.91 Å². The molecule has 0 aromatic heterocycles. The highest BCUT2D eigenvalue weighted by molar-refractivity contribution is 7.90. The molecule has 0 saturated carbocycles. The number of carbonyl (C=O) groups excluding carboxylic acids is 1. The zero-order valence-corrected chi connectivity index (χ0v) is 16.3. The van der Waals surface area contributed by atoms with Crippen LogP contribution >= 0.6 is 24.0 Å². The van der Waals surface area contributed by atoms with Crippen molar-refractivity contribution in [3.8, 4) is 5.75 Å². The lowest BCUT2D eigenvalue weighted by Gasteiger charge is -2.14. The van der Waals surface area contributed by atoms with Crippen molar-refractivity contribution < 1.29 is 17.9 Å². The third-order valence-corrected chi connectivity index (χ3v) is 4.18. The summed E-state index contributed by atoms with van der Waals surface area (Å²) in [6.07, 6.45) is 1.17. The third kappa shape index (κ3) is 8.73. The van der Waals surface area contributed by atoms with E-state index in [1.165, 1.54) is 0 Å². The molecule has 1 rings (SSSR count). The molecular weight excluding hydrogens is 375 g/mol. The van der Waals surface area contributed by atoms with Crippen LogP contribution in [0.4, 0.5) is 5.69 Å². The fraction of sp³-hybridized carbons (Fsp3) is 0.533. The maximum Gasteiger partial charge on any atom is 0.241 e. The fourth-order valence-electron chi connectivity index (χ4n) is 1.66. The number of amides is 1. The second kappa shape index (κ2) is 10.1. The SMILES string of the molecule is CC(C)COc1ccc(NC(=O)C(N)CCS(C)(=O)=O)cc1Cl.Cl. The van der Waals surface area contributed by atoms with Gasteiger partial charge in [-0.3, -0.25) is 4.79 Å². The van der Waals surface area contributed by atoms with E-state index in [1.54, 1.807) is 18.2 Å². The van der Waals surface area contributed by atoms with Crippen LogP contribution in [0.15, 0.2) is 18.2 Å². The number of sulfone groups is 1. The van der Waals surface area contributed by atoms with Gasteiger partial charge in [0.1, 0.15) is 15.6 Å². The highest BCUT2D eigenvalue weighted by Gasteiger charge is 2.16. The summed E-state index contributed by atoms with van der Waals surface area (Å²) in [5.41, 5.74) is 6.17. The van der Waals surface area contributed by atoms with Crippen molar-refractivity contribution >= 4 is 45.4 Å². The zero-order valence-electron chi connectivity index (χ0n) is 13.9. The fourth-order valence-corrected chi connectivity index (χ4v) is 2.58. The third-order valence-electron chi connectivity index (χ3n) is 2.91. The standard InChI is InChI=1S/C15H23ClN2O4S.ClH/c1-10(2)9-22-14-5-4-11(8-12(14)16)18-15(19)13(17)6-7-23(3,20)21;/h4-5,8,10,13H,6-7,9,17H2,1-3H3,(H,18,19);1H. The zero-order chi connectivity index (χ0) is 17.6. The Balaban J connectivity index is 0.00000529. The van der Waals surface area contributed by atoms with E-state index in [-0.39, 0.29) is 24.6 Å². The van der Waals surface area contributed by atoms with E-state index in [4.69, 9.17) is 22.1 Å². The Kier molecular flexibility index (Phi) is 9.65. The normalized spacial score (nSPS) is 12.4. The number of nitrogens with one attached hydrogen (secondary N) is 1. The molecule has 0 aliphatic carbocycles. The molecule has 0 aliphatic heterocycles. The smallest absolute Gasteiger partial charge is 0.241 e. The summed E-state index contributed by atoms with van der Waals surface area (Å²) >= 11 is 6.11. The minimum absolute atomic E-state index is 0. The number of carbonyl (C=O) groups is 1. The van der Waals surface area contributed by atoms with E-state index in [0.29, 0.717) is 29.0 Å². The summed E-state index contributed by atoms with van der Waals surface area (Å²) in [6, 6.07) is 3.99. The first-order valence-corrected chi connectivity index (χ1v) is 9.69. The lowest BCUT2D eigenvalue weighted by atomic mass is 10.2. The Morgan fingerprint density at radius 1 is 1.38 bits per heavy atom. The van der Waals surface area contributed by atoms with Gasteiger partial charge in [0.15, 0.2) is 0 Å². The first-order chi connectivity index (χ1) is 10.6. The van der Waals surface area contributed by atoms with Gasteiger partial charge < -0.3 is 15.8 Å². The molecule has 1 aromatic carbocycles. The van der Waals surface area contributed by atoms with Crippen molar-refractivity contribution in [2.45, 2.75) is 26.3 Å². The van der Waals surface area contributed by atoms with E-state index < -0.39 is 21.8 Å². The van der Waals surface area contributed by atoms with Crippen LogP contribution in [0.3, 0.4) is 0 Å². The number of hydrogen-bond donors (Lipinski definition) is 2. The Labute approximate surface area is 154 Å². The average molecular weight is 399 g/mol. The summed E-state index contributed by atoms with van der Waals surface area (Å²) in [5.74, 6) is 0.322. The van der Waals surface area contributed by atoms with Gasteiger partial charge in [0.05, 0.1) is 23.4 Å². The van der Waals surface area contributed by atoms with Crippen LogP contribution in [0.25, 0.3) is 0 Å². The molecule has 0 saturated heterocycles. The van der Waals surface area contributed by atoms with Crippen molar-refractivity contribution in [1.82, 2.24) is 0 Å². The van der Waals surface area contributed by atoms with Gasteiger partial charge in [-0.05, 0) is 30.5 Å². The molecule has 138 valence electrons. The lowest BCUT2D eigenvalue weighted by molar-refractivity contribution is -0.117. The van der Waals surface area contributed by atoms with E-state index in [0.717, 1.165) is 6.26 Å². The molecule has 24 heavy (non-hydrogen) atoms. The van der Waals surface area contributed by atoms with Gasteiger partial charge >= 0.3 is 0 Å². The van der Waals surface area contributed by atoms with Crippen LogP contribution in [0.2, 0.25) is 5.02 Å². The maximum absolute atomic E-state index is 11.9. The Morgan fingerprint density at radius 2 is 2.00 bits per heavy atom. The van der Waals surface area contributed by atoms with Gasteiger partial charge in [0.25, 0.3) is 0 Å². The second-order valence-electron chi connectivity index (χ2n) is 5.86. The van der Waals surface area contributed by atoms with Crippen molar-refractivity contribution in [3.05, 3.63) is 23.2 Å². The van der Waals surface area contributed by atoms with Crippen LogP contribution < -0.4 is 15.8 Å². The summed E-state index contributed by atoms with van der Waals surface area (Å²) in [7, 11) is -3.15. The van der Waals surface area contributed by atoms with Gasteiger partial charge in [-0.1, -0.05) is 25.4 Å². The minimum atomic E-state index is -3.15. The molecule has 0 heterocycles. The van der Waals surface area contributed by atoms with Crippen LogP contribution in [-0.4, -0.2) is 39.0 Å². The van der Waals surface area contributed by atoms with Gasteiger partial charge in [-0.2, -0.15) is 0 Å². The van der Waals surface area contributed by atoms with Crippen LogP contribution in [0.1, 0.15) is 20.3 Å². The minimum Gasteiger partial charge on any atom is -0.492 e.